The number of carbonyl (C=O) groups is 1. The van der Waals surface area contributed by atoms with Gasteiger partial charge in [-0.1, -0.05) is 30.3 Å². The number of ether oxygens (including phenoxy) is 1. The molecule has 1 fully saturated rings. The molecule has 1 aromatic heterocycles. The van der Waals surface area contributed by atoms with E-state index in [1.807, 2.05) is 24.3 Å². The van der Waals surface area contributed by atoms with Gasteiger partial charge in [-0.3, -0.25) is 0 Å². The van der Waals surface area contributed by atoms with Crippen LogP contribution < -0.4 is 10.0 Å². The molecule has 0 spiro atoms. The molecule has 1 aliphatic rings. The van der Waals surface area contributed by atoms with E-state index in [4.69, 9.17) is 4.74 Å². The van der Waals surface area contributed by atoms with Crippen LogP contribution >= 0.6 is 0 Å². The summed E-state index contributed by atoms with van der Waals surface area (Å²) in [5.41, 5.74) is 2.28. The molecule has 3 N–H and O–H groups in total. The van der Waals surface area contributed by atoms with E-state index in [9.17, 15) is 13.2 Å². The molecular weight excluding hydrogens is 454 g/mol. The Bertz CT molecular complexity index is 1220. The van der Waals surface area contributed by atoms with Crippen molar-refractivity contribution in [2.24, 2.45) is 0 Å². The summed E-state index contributed by atoms with van der Waals surface area (Å²) in [6.07, 6.45) is 5.20. The third-order valence-electron chi connectivity index (χ3n) is 5.88. The molecule has 0 bridgehead atoms. The van der Waals surface area contributed by atoms with Crippen molar-refractivity contribution in [3.8, 4) is 11.1 Å². The maximum atomic E-state index is 12.9. The van der Waals surface area contributed by atoms with E-state index in [0.29, 0.717) is 12.2 Å². The summed E-state index contributed by atoms with van der Waals surface area (Å²) in [7, 11) is -3.77. The van der Waals surface area contributed by atoms with Gasteiger partial charge >= 0.3 is 6.09 Å². The minimum atomic E-state index is -3.77. The standard InChI is InChI=1S/C24H29N5O4S/c1-24(2,22-16-26-29-27-22)28-34(31,32)21-12-10-18(11-13-21)19-7-5-6-17(14-19)15-25-23(30)33-20-8-3-4-9-20/h5-7,10-14,16,20,28H,3-4,8-9,15H2,1-2H3,(H,25,30)(H,26,27,29). The number of benzene rings is 2. The molecule has 0 aliphatic heterocycles. The van der Waals surface area contributed by atoms with Gasteiger partial charge in [0.25, 0.3) is 0 Å². The van der Waals surface area contributed by atoms with Gasteiger partial charge in [-0.2, -0.15) is 20.1 Å². The number of nitrogens with zero attached hydrogens (tertiary/aromatic N) is 2. The first kappa shape index (κ1) is 23.9. The van der Waals surface area contributed by atoms with Crippen LogP contribution in [0.2, 0.25) is 0 Å². The largest absolute Gasteiger partial charge is 0.446 e. The van der Waals surface area contributed by atoms with Crippen molar-refractivity contribution >= 4 is 16.1 Å². The van der Waals surface area contributed by atoms with Gasteiger partial charge in [0.2, 0.25) is 10.0 Å². The zero-order valence-corrected chi connectivity index (χ0v) is 20.1. The fourth-order valence-corrected chi connectivity index (χ4v) is 5.40. The Morgan fingerprint density at radius 1 is 1.12 bits per heavy atom. The normalized spacial score (nSPS) is 14.8. The van der Waals surface area contributed by atoms with Crippen LogP contribution in [0.15, 0.2) is 59.6 Å². The summed E-state index contributed by atoms with van der Waals surface area (Å²) in [6.45, 7) is 3.80. The molecule has 10 heteroatoms. The third-order valence-corrected chi connectivity index (χ3v) is 7.55. The molecular formula is C24H29N5O4S. The Hall–Kier alpha value is -3.24. The van der Waals surface area contributed by atoms with Crippen LogP contribution in [0.1, 0.15) is 50.8 Å². The molecule has 0 atom stereocenters. The average molecular weight is 484 g/mol. The lowest BCUT2D eigenvalue weighted by Gasteiger charge is -2.23. The topological polar surface area (TPSA) is 126 Å². The monoisotopic (exact) mass is 483 g/mol. The number of aromatic nitrogens is 3. The van der Waals surface area contributed by atoms with Gasteiger partial charge in [-0.15, -0.1) is 0 Å². The molecule has 34 heavy (non-hydrogen) atoms. The highest BCUT2D eigenvalue weighted by Gasteiger charge is 2.30. The molecule has 0 radical (unpaired) electrons. The van der Waals surface area contributed by atoms with Crippen LogP contribution in [0.4, 0.5) is 4.79 Å². The number of nitrogens with one attached hydrogen (secondary N) is 3. The lowest BCUT2D eigenvalue weighted by atomic mass is 10.0. The van der Waals surface area contributed by atoms with Gasteiger partial charge in [0.1, 0.15) is 11.8 Å². The zero-order chi connectivity index (χ0) is 24.2. The van der Waals surface area contributed by atoms with Crippen LogP contribution in [0, 0.1) is 0 Å². The molecule has 4 rings (SSSR count). The first-order valence-electron chi connectivity index (χ1n) is 11.3. The number of rotatable bonds is 8. The maximum absolute atomic E-state index is 12.9. The average Bonchev–Trinajstić information content (AvgIpc) is 3.52. The van der Waals surface area contributed by atoms with Gasteiger partial charge in [0, 0.05) is 6.54 Å². The Morgan fingerprint density at radius 3 is 2.53 bits per heavy atom. The number of H-pyrrole nitrogens is 1. The second kappa shape index (κ2) is 9.94. The Kier molecular flexibility index (Phi) is 6.99. The van der Waals surface area contributed by atoms with Crippen molar-refractivity contribution in [2.75, 3.05) is 0 Å². The summed E-state index contributed by atoms with van der Waals surface area (Å²) in [5, 5.41) is 13.0. The van der Waals surface area contributed by atoms with E-state index in [1.165, 1.54) is 6.20 Å². The summed E-state index contributed by atoms with van der Waals surface area (Å²) in [5.74, 6) is 0. The van der Waals surface area contributed by atoms with Crippen LogP contribution in [0.25, 0.3) is 11.1 Å². The predicted octanol–water partition coefficient (Wildman–Crippen LogP) is 3.85. The fourth-order valence-electron chi connectivity index (χ4n) is 4.01. The Morgan fingerprint density at radius 2 is 1.85 bits per heavy atom. The van der Waals surface area contributed by atoms with Crippen molar-refractivity contribution in [2.45, 2.75) is 62.6 Å². The molecule has 9 nitrogen and oxygen atoms in total. The first-order chi connectivity index (χ1) is 16.2. The van der Waals surface area contributed by atoms with Gasteiger partial charge < -0.3 is 10.1 Å². The highest BCUT2D eigenvalue weighted by Crippen LogP contribution is 2.25. The van der Waals surface area contributed by atoms with E-state index in [0.717, 1.165) is 42.4 Å². The van der Waals surface area contributed by atoms with Crippen molar-refractivity contribution < 1.29 is 17.9 Å². The van der Waals surface area contributed by atoms with Crippen LogP contribution in [0.3, 0.4) is 0 Å². The minimum absolute atomic E-state index is 0.0251. The van der Waals surface area contributed by atoms with Gasteiger partial charge in [-0.05, 0) is 74.4 Å². The number of sulfonamides is 1. The molecule has 3 aromatic rings. The lowest BCUT2D eigenvalue weighted by Crippen LogP contribution is -2.41. The van der Waals surface area contributed by atoms with E-state index in [2.05, 4.69) is 25.4 Å². The molecule has 2 aromatic carbocycles. The van der Waals surface area contributed by atoms with E-state index in [1.54, 1.807) is 38.1 Å². The number of carbonyl (C=O) groups excluding carboxylic acids is 1. The van der Waals surface area contributed by atoms with E-state index < -0.39 is 21.7 Å². The number of aromatic amines is 1. The first-order valence-corrected chi connectivity index (χ1v) is 12.8. The number of hydrogen-bond donors (Lipinski definition) is 3. The molecule has 1 saturated carbocycles. The van der Waals surface area contributed by atoms with Crippen molar-refractivity contribution in [3.05, 3.63) is 66.0 Å². The second-order valence-corrected chi connectivity index (χ2v) is 10.7. The molecule has 0 saturated heterocycles. The number of alkyl carbamates (subject to hydrolysis) is 1. The Balaban J connectivity index is 1.41. The predicted molar refractivity (Wildman–Crippen MR) is 127 cm³/mol. The smallest absolute Gasteiger partial charge is 0.407 e. The van der Waals surface area contributed by atoms with Crippen LogP contribution in [-0.4, -0.2) is 36.0 Å². The summed E-state index contributed by atoms with van der Waals surface area (Å²) in [4.78, 5) is 12.2. The summed E-state index contributed by atoms with van der Waals surface area (Å²) < 4.78 is 33.9. The molecule has 1 aliphatic carbocycles. The minimum Gasteiger partial charge on any atom is -0.446 e. The number of hydrogen-bond acceptors (Lipinski definition) is 6. The maximum Gasteiger partial charge on any atom is 0.407 e. The number of amides is 1. The highest BCUT2D eigenvalue weighted by atomic mass is 32.2. The third kappa shape index (κ3) is 5.81. The summed E-state index contributed by atoms with van der Waals surface area (Å²) >= 11 is 0. The highest BCUT2D eigenvalue weighted by molar-refractivity contribution is 7.89. The van der Waals surface area contributed by atoms with E-state index in [-0.39, 0.29) is 11.0 Å². The Labute approximate surface area is 199 Å². The van der Waals surface area contributed by atoms with Crippen molar-refractivity contribution in [3.63, 3.8) is 0 Å². The van der Waals surface area contributed by atoms with Gasteiger partial charge in [0.15, 0.2) is 0 Å². The molecule has 1 heterocycles. The fraction of sp³-hybridized carbons (Fsp3) is 0.375. The quantitative estimate of drug-likeness (QED) is 0.447. The van der Waals surface area contributed by atoms with Gasteiger partial charge in [-0.25, -0.2) is 13.2 Å². The summed E-state index contributed by atoms with van der Waals surface area (Å²) in [6, 6.07) is 14.4. The second-order valence-electron chi connectivity index (χ2n) is 8.98. The van der Waals surface area contributed by atoms with E-state index >= 15 is 0 Å². The zero-order valence-electron chi connectivity index (χ0n) is 19.2. The van der Waals surface area contributed by atoms with Gasteiger partial charge in [0.05, 0.1) is 16.6 Å². The van der Waals surface area contributed by atoms with Crippen molar-refractivity contribution in [1.29, 1.82) is 0 Å². The lowest BCUT2D eigenvalue weighted by molar-refractivity contribution is 0.100. The van der Waals surface area contributed by atoms with Crippen LogP contribution in [0.5, 0.6) is 0 Å². The SMILES string of the molecule is CC(C)(NS(=O)(=O)c1ccc(-c2cccc(CNC(=O)OC3CCCC3)c2)cc1)c1cn[nH]n1. The van der Waals surface area contributed by atoms with Crippen molar-refractivity contribution in [1.82, 2.24) is 25.4 Å². The molecule has 180 valence electrons. The van der Waals surface area contributed by atoms with Crippen LogP contribution in [-0.2, 0) is 26.8 Å². The molecule has 0 unspecified atom stereocenters. The molecule has 1 amide bonds.